The molecule has 84 valence electrons. The number of amides is 2. The van der Waals surface area contributed by atoms with E-state index in [2.05, 4.69) is 5.32 Å². The Kier molecular flexibility index (Phi) is 4.83. The molecular weight excluding hydrogens is 196 g/mol. The average molecular weight is 212 g/mol. The summed E-state index contributed by atoms with van der Waals surface area (Å²) in [5, 5.41) is 2.64. The van der Waals surface area contributed by atoms with Crippen molar-refractivity contribution in [3.63, 3.8) is 0 Å². The van der Waals surface area contributed by atoms with Crippen molar-refractivity contribution in [3.05, 3.63) is 12.2 Å². The van der Waals surface area contributed by atoms with Crippen LogP contribution in [0.5, 0.6) is 0 Å². The lowest BCUT2D eigenvalue weighted by atomic mass is 10.3. The predicted octanol–water partition coefficient (Wildman–Crippen LogP) is -0.462. The van der Waals surface area contributed by atoms with Crippen molar-refractivity contribution in [1.82, 2.24) is 10.2 Å². The van der Waals surface area contributed by atoms with E-state index in [1.165, 1.54) is 6.08 Å². The Balaban J connectivity index is 2.29. The lowest BCUT2D eigenvalue weighted by Crippen LogP contribution is -2.41. The summed E-state index contributed by atoms with van der Waals surface area (Å²) in [6.45, 7) is 4.25. The van der Waals surface area contributed by atoms with Crippen LogP contribution in [0.1, 0.15) is 6.92 Å². The Labute approximate surface area is 89.1 Å². The largest absolute Gasteiger partial charge is 0.370 e. The highest BCUT2D eigenvalue weighted by molar-refractivity contribution is 5.87. The van der Waals surface area contributed by atoms with Crippen LogP contribution >= 0.6 is 0 Å². The number of nitrogens with zero attached hydrogens (tertiary/aromatic N) is 1. The second kappa shape index (κ2) is 6.19. The van der Waals surface area contributed by atoms with E-state index in [0.29, 0.717) is 26.2 Å². The number of morpholine rings is 1. The number of ether oxygens (including phenoxy) is 1. The summed E-state index contributed by atoms with van der Waals surface area (Å²) in [5.74, 6) is -0.153. The number of carbonyl (C=O) groups is 2. The van der Waals surface area contributed by atoms with Crippen molar-refractivity contribution in [2.45, 2.75) is 6.92 Å². The quantitative estimate of drug-likeness (QED) is 0.641. The fraction of sp³-hybridized carbons (Fsp3) is 0.600. The molecule has 2 amide bonds. The third-order valence-electron chi connectivity index (χ3n) is 2.03. The van der Waals surface area contributed by atoms with E-state index in [0.717, 1.165) is 0 Å². The number of rotatable bonds is 4. The van der Waals surface area contributed by atoms with Gasteiger partial charge in [0.25, 0.3) is 0 Å². The minimum atomic E-state index is -0.127. The first-order valence-corrected chi connectivity index (χ1v) is 5.04. The molecule has 0 spiro atoms. The van der Waals surface area contributed by atoms with Crippen LogP contribution in [-0.4, -0.2) is 49.6 Å². The van der Waals surface area contributed by atoms with Gasteiger partial charge in [-0.1, -0.05) is 6.08 Å². The summed E-state index contributed by atoms with van der Waals surface area (Å²) < 4.78 is 4.98. The highest BCUT2D eigenvalue weighted by atomic mass is 16.5. The molecule has 0 aromatic heterocycles. The fourth-order valence-electron chi connectivity index (χ4n) is 1.26. The van der Waals surface area contributed by atoms with Crippen LogP contribution in [0.25, 0.3) is 0 Å². The summed E-state index contributed by atoms with van der Waals surface area (Å²) in [6, 6.07) is 0. The van der Waals surface area contributed by atoms with Crippen molar-refractivity contribution in [2.24, 2.45) is 0 Å². The zero-order chi connectivity index (χ0) is 11.1. The molecule has 0 aliphatic carbocycles. The smallest absolute Gasteiger partial charge is 0.248 e. The van der Waals surface area contributed by atoms with Gasteiger partial charge >= 0.3 is 0 Å². The molecule has 1 aliphatic rings. The first-order chi connectivity index (χ1) is 7.24. The number of carbonyl (C=O) groups excluding carboxylic acids is 2. The maximum absolute atomic E-state index is 11.3. The molecule has 5 heteroatoms. The minimum Gasteiger partial charge on any atom is -0.370 e. The van der Waals surface area contributed by atoms with Gasteiger partial charge in [0.2, 0.25) is 11.8 Å². The van der Waals surface area contributed by atoms with Crippen LogP contribution in [0.2, 0.25) is 0 Å². The summed E-state index contributed by atoms with van der Waals surface area (Å²) in [5.41, 5.74) is 0. The molecule has 1 rings (SSSR count). The van der Waals surface area contributed by atoms with Gasteiger partial charge < -0.3 is 15.0 Å². The molecule has 1 aliphatic heterocycles. The van der Waals surface area contributed by atoms with Crippen molar-refractivity contribution in [3.8, 4) is 0 Å². The van der Waals surface area contributed by atoms with Crippen LogP contribution in [-0.2, 0) is 14.3 Å². The lowest BCUT2D eigenvalue weighted by Gasteiger charge is -2.25. The highest BCUT2D eigenvalue weighted by Crippen LogP contribution is 1.98. The van der Waals surface area contributed by atoms with Crippen molar-refractivity contribution in [1.29, 1.82) is 0 Å². The molecule has 0 saturated carbocycles. The lowest BCUT2D eigenvalue weighted by molar-refractivity contribution is -0.141. The van der Waals surface area contributed by atoms with Crippen LogP contribution in [0.4, 0.5) is 0 Å². The fourth-order valence-corrected chi connectivity index (χ4v) is 1.26. The summed E-state index contributed by atoms with van der Waals surface area (Å²) >= 11 is 0. The Morgan fingerprint density at radius 3 is 3.13 bits per heavy atom. The molecule has 15 heavy (non-hydrogen) atoms. The van der Waals surface area contributed by atoms with E-state index in [1.54, 1.807) is 11.0 Å². The maximum Gasteiger partial charge on any atom is 0.248 e. The Morgan fingerprint density at radius 1 is 1.67 bits per heavy atom. The molecule has 0 aromatic rings. The van der Waals surface area contributed by atoms with E-state index in [-0.39, 0.29) is 18.4 Å². The third-order valence-corrected chi connectivity index (χ3v) is 2.03. The van der Waals surface area contributed by atoms with Gasteiger partial charge in [-0.2, -0.15) is 0 Å². The molecule has 1 fully saturated rings. The number of hydrogen-bond donors (Lipinski definition) is 1. The van der Waals surface area contributed by atoms with Gasteiger partial charge in [0, 0.05) is 25.7 Å². The number of nitrogens with one attached hydrogen (secondary N) is 1. The molecule has 1 saturated heterocycles. The van der Waals surface area contributed by atoms with Crippen LogP contribution in [0.3, 0.4) is 0 Å². The highest BCUT2D eigenvalue weighted by Gasteiger charge is 2.16. The molecule has 0 unspecified atom stereocenters. The molecule has 0 radical (unpaired) electrons. The van der Waals surface area contributed by atoms with Gasteiger partial charge in [0.1, 0.15) is 6.61 Å². The van der Waals surface area contributed by atoms with Crippen molar-refractivity contribution < 1.29 is 14.3 Å². The van der Waals surface area contributed by atoms with Crippen molar-refractivity contribution in [2.75, 3.05) is 32.8 Å². The maximum atomic E-state index is 11.3. The Morgan fingerprint density at radius 2 is 2.47 bits per heavy atom. The van der Waals surface area contributed by atoms with E-state index in [4.69, 9.17) is 4.74 Å². The van der Waals surface area contributed by atoms with Gasteiger partial charge in [-0.25, -0.2) is 0 Å². The number of likely N-dealkylation sites (N-methyl/N-ethyl adjacent to an activating group) is 1. The summed E-state index contributed by atoms with van der Waals surface area (Å²) in [7, 11) is 0. The van der Waals surface area contributed by atoms with Crippen LogP contribution < -0.4 is 5.32 Å². The zero-order valence-corrected chi connectivity index (χ0v) is 8.86. The second-order valence-corrected chi connectivity index (χ2v) is 3.19. The van der Waals surface area contributed by atoms with E-state index in [1.807, 2.05) is 6.92 Å². The molecule has 1 N–H and O–H groups in total. The third kappa shape index (κ3) is 4.12. The SMILES string of the molecule is CCNC(=O)/C=C/CN1CCOCC1=O. The van der Waals surface area contributed by atoms with Gasteiger partial charge in [0.15, 0.2) is 0 Å². The Hall–Kier alpha value is -1.36. The normalized spacial score (nSPS) is 17.1. The van der Waals surface area contributed by atoms with E-state index < -0.39 is 0 Å². The van der Waals surface area contributed by atoms with Crippen LogP contribution in [0, 0.1) is 0 Å². The van der Waals surface area contributed by atoms with E-state index >= 15 is 0 Å². The van der Waals surface area contributed by atoms with Gasteiger partial charge in [0.05, 0.1) is 6.61 Å². The second-order valence-electron chi connectivity index (χ2n) is 3.19. The first kappa shape index (κ1) is 11.7. The average Bonchev–Trinajstić information content (AvgIpc) is 2.21. The first-order valence-electron chi connectivity index (χ1n) is 5.04. The zero-order valence-electron chi connectivity index (χ0n) is 8.86. The topological polar surface area (TPSA) is 58.6 Å². The molecule has 0 aromatic carbocycles. The molecule has 0 bridgehead atoms. The van der Waals surface area contributed by atoms with Gasteiger partial charge in [-0.05, 0) is 6.92 Å². The molecule has 5 nitrogen and oxygen atoms in total. The molecule has 0 atom stereocenters. The monoisotopic (exact) mass is 212 g/mol. The molecule has 1 heterocycles. The summed E-state index contributed by atoms with van der Waals surface area (Å²) in [6.07, 6.45) is 3.14. The van der Waals surface area contributed by atoms with Gasteiger partial charge in [-0.3, -0.25) is 9.59 Å². The number of hydrogen-bond acceptors (Lipinski definition) is 3. The van der Waals surface area contributed by atoms with E-state index in [9.17, 15) is 9.59 Å². The predicted molar refractivity (Wildman–Crippen MR) is 55.2 cm³/mol. The molecular formula is C10H16N2O3. The summed E-state index contributed by atoms with van der Waals surface area (Å²) in [4.78, 5) is 24.0. The van der Waals surface area contributed by atoms with Crippen molar-refractivity contribution >= 4 is 11.8 Å². The Bertz CT molecular complexity index is 263. The van der Waals surface area contributed by atoms with Gasteiger partial charge in [-0.15, -0.1) is 0 Å². The van der Waals surface area contributed by atoms with Crippen LogP contribution in [0.15, 0.2) is 12.2 Å². The standard InChI is InChI=1S/C10H16N2O3/c1-2-11-9(13)4-3-5-12-6-7-15-8-10(12)14/h3-4H,2,5-8H2,1H3,(H,11,13)/b4-3+. The minimum absolute atomic E-state index is 0.0261.